The minimum absolute atomic E-state index is 0.117. The van der Waals surface area contributed by atoms with Crippen LogP contribution in [0.1, 0.15) is 40.7 Å². The number of carbonyl (C=O) groups excluding carboxylic acids is 2. The summed E-state index contributed by atoms with van der Waals surface area (Å²) >= 11 is 0. The number of ether oxygens (including phenoxy) is 1. The summed E-state index contributed by atoms with van der Waals surface area (Å²) in [6.45, 7) is 0.990. The number of amides is 1. The first-order chi connectivity index (χ1) is 15.5. The summed E-state index contributed by atoms with van der Waals surface area (Å²) in [6, 6.07) is 18.8. The smallest absolute Gasteiger partial charge is 0.339 e. The molecular formula is C26H22N2O4. The topological polar surface area (TPSA) is 79.5 Å². The van der Waals surface area contributed by atoms with Crippen molar-refractivity contribution in [1.29, 1.82) is 0 Å². The number of pyridine rings is 1. The number of hydrogen-bond acceptors (Lipinski definition) is 4. The van der Waals surface area contributed by atoms with E-state index in [9.17, 15) is 14.4 Å². The highest BCUT2D eigenvalue weighted by atomic mass is 16.6. The molecule has 1 aliphatic carbocycles. The molecule has 3 aromatic rings. The lowest BCUT2D eigenvalue weighted by molar-refractivity contribution is -0.134. The van der Waals surface area contributed by atoms with Crippen LogP contribution in [0.2, 0.25) is 0 Å². The zero-order chi connectivity index (χ0) is 21.9. The summed E-state index contributed by atoms with van der Waals surface area (Å²) < 4.78 is 5.81. The number of rotatable bonds is 3. The summed E-state index contributed by atoms with van der Waals surface area (Å²) in [7, 11) is 0. The Kier molecular flexibility index (Phi) is 3.97. The van der Waals surface area contributed by atoms with E-state index < -0.39 is 11.0 Å². The Morgan fingerprint density at radius 3 is 2.38 bits per heavy atom. The van der Waals surface area contributed by atoms with Gasteiger partial charge >= 0.3 is 5.97 Å². The highest BCUT2D eigenvalue weighted by Crippen LogP contribution is 2.52. The van der Waals surface area contributed by atoms with Crippen LogP contribution < -0.4 is 5.56 Å². The van der Waals surface area contributed by atoms with Gasteiger partial charge in [0.25, 0.3) is 0 Å². The third-order valence-electron chi connectivity index (χ3n) is 7.16. The van der Waals surface area contributed by atoms with Crippen LogP contribution >= 0.6 is 0 Å². The van der Waals surface area contributed by atoms with Crippen LogP contribution in [0, 0.1) is 0 Å². The zero-order valence-electron chi connectivity index (χ0n) is 17.5. The Morgan fingerprint density at radius 2 is 1.66 bits per heavy atom. The molecule has 0 bridgehead atoms. The van der Waals surface area contributed by atoms with Gasteiger partial charge in [-0.3, -0.25) is 9.59 Å². The summed E-state index contributed by atoms with van der Waals surface area (Å²) in [5.41, 5.74) is 3.10. The van der Waals surface area contributed by atoms with Crippen molar-refractivity contribution in [3.63, 3.8) is 0 Å². The van der Waals surface area contributed by atoms with Gasteiger partial charge in [-0.05, 0) is 41.7 Å². The van der Waals surface area contributed by atoms with Gasteiger partial charge in [-0.15, -0.1) is 0 Å². The number of nitrogens with zero attached hydrogens (tertiary/aromatic N) is 1. The van der Waals surface area contributed by atoms with Crippen LogP contribution in [0.3, 0.4) is 0 Å². The second-order valence-electron chi connectivity index (χ2n) is 9.01. The number of aromatic nitrogens is 1. The minimum atomic E-state index is -0.715. The molecule has 1 atom stereocenters. The summed E-state index contributed by atoms with van der Waals surface area (Å²) in [4.78, 5) is 41.8. The molecule has 2 fully saturated rings. The van der Waals surface area contributed by atoms with Crippen LogP contribution in [-0.4, -0.2) is 34.8 Å². The summed E-state index contributed by atoms with van der Waals surface area (Å²) in [5.74, 6) is -0.180. The average molecular weight is 426 g/mol. The van der Waals surface area contributed by atoms with Crippen LogP contribution in [0.4, 0.5) is 0 Å². The van der Waals surface area contributed by atoms with Crippen molar-refractivity contribution in [1.82, 2.24) is 9.88 Å². The molecule has 32 heavy (non-hydrogen) atoms. The standard InChI is InChI=1S/C26H22N2O4/c29-22-10-7-18(15-27-22)17-5-8-19(9-6-17)25(11-12-25)24(31)28-14-13-26(16-28)21-4-2-1-3-20(21)23(30)32-26/h1-10,15H,11-14,16H2,(H,27,29)/t26-/m0/s1. The predicted molar refractivity (Wildman–Crippen MR) is 118 cm³/mol. The maximum atomic E-state index is 13.6. The average Bonchev–Trinajstić information content (AvgIpc) is 3.46. The molecule has 3 aliphatic rings. The van der Waals surface area contributed by atoms with E-state index in [1.54, 1.807) is 18.3 Å². The van der Waals surface area contributed by atoms with Gasteiger partial charge in [0.1, 0.15) is 0 Å². The Hall–Kier alpha value is -3.67. The molecule has 0 unspecified atom stereocenters. The second-order valence-corrected chi connectivity index (χ2v) is 9.01. The molecule has 1 amide bonds. The second kappa shape index (κ2) is 6.66. The molecule has 160 valence electrons. The SMILES string of the molecule is O=C1O[C@]2(CCN(C(=O)C3(c4ccc(-c5ccc(=O)[nH]c5)cc4)CC3)C2)c2ccccc21. The fourth-order valence-corrected chi connectivity index (χ4v) is 5.23. The van der Waals surface area contributed by atoms with Gasteiger partial charge in [0, 0.05) is 30.8 Å². The van der Waals surface area contributed by atoms with E-state index in [4.69, 9.17) is 4.74 Å². The van der Waals surface area contributed by atoms with Crippen LogP contribution in [0.5, 0.6) is 0 Å². The molecule has 2 aliphatic heterocycles. The van der Waals surface area contributed by atoms with E-state index in [1.165, 1.54) is 6.07 Å². The predicted octanol–water partition coefficient (Wildman–Crippen LogP) is 3.37. The van der Waals surface area contributed by atoms with E-state index in [2.05, 4.69) is 4.98 Å². The first-order valence-electron chi connectivity index (χ1n) is 10.9. The highest BCUT2D eigenvalue weighted by Gasteiger charge is 2.57. The molecule has 1 saturated carbocycles. The molecule has 6 rings (SSSR count). The van der Waals surface area contributed by atoms with Gasteiger partial charge in [-0.2, -0.15) is 0 Å². The van der Waals surface area contributed by atoms with E-state index >= 15 is 0 Å². The van der Waals surface area contributed by atoms with Crippen LogP contribution in [0.25, 0.3) is 11.1 Å². The van der Waals surface area contributed by atoms with Gasteiger partial charge in [0.2, 0.25) is 11.5 Å². The van der Waals surface area contributed by atoms with Gasteiger partial charge in [-0.1, -0.05) is 42.5 Å². The van der Waals surface area contributed by atoms with E-state index in [0.717, 1.165) is 35.1 Å². The number of hydrogen-bond donors (Lipinski definition) is 1. The van der Waals surface area contributed by atoms with Crippen LogP contribution in [0.15, 0.2) is 71.7 Å². The van der Waals surface area contributed by atoms with Crippen LogP contribution in [-0.2, 0) is 20.5 Å². The fraction of sp³-hybridized carbons (Fsp3) is 0.269. The third kappa shape index (κ3) is 2.75. The molecule has 1 saturated heterocycles. The van der Waals surface area contributed by atoms with Crippen molar-refractivity contribution in [3.8, 4) is 11.1 Å². The largest absolute Gasteiger partial charge is 0.449 e. The number of likely N-dealkylation sites (tertiary alicyclic amines) is 1. The van der Waals surface area contributed by atoms with Crippen molar-refractivity contribution in [3.05, 3.63) is 93.9 Å². The van der Waals surface area contributed by atoms with Gasteiger partial charge in [-0.25, -0.2) is 4.79 Å². The maximum Gasteiger partial charge on any atom is 0.339 e. The Bertz CT molecular complexity index is 1290. The molecule has 1 aromatic heterocycles. The molecule has 2 aromatic carbocycles. The quantitative estimate of drug-likeness (QED) is 0.652. The first-order valence-corrected chi connectivity index (χ1v) is 10.9. The molecule has 1 N–H and O–H groups in total. The number of nitrogens with one attached hydrogen (secondary N) is 1. The number of fused-ring (bicyclic) bond motifs is 2. The van der Waals surface area contributed by atoms with E-state index in [1.807, 2.05) is 47.4 Å². The molecule has 6 heteroatoms. The molecule has 3 heterocycles. The van der Waals surface area contributed by atoms with Crippen molar-refractivity contribution in [2.24, 2.45) is 0 Å². The number of aromatic amines is 1. The number of carbonyl (C=O) groups is 2. The summed E-state index contributed by atoms with van der Waals surface area (Å²) in [5, 5.41) is 0. The zero-order valence-corrected chi connectivity index (χ0v) is 17.5. The van der Waals surface area contributed by atoms with Gasteiger partial charge in [0.15, 0.2) is 5.60 Å². The van der Waals surface area contributed by atoms with Crippen molar-refractivity contribution < 1.29 is 14.3 Å². The first kappa shape index (κ1) is 19.0. The number of esters is 1. The van der Waals surface area contributed by atoms with E-state index in [-0.39, 0.29) is 17.4 Å². The Balaban J connectivity index is 1.24. The lowest BCUT2D eigenvalue weighted by Crippen LogP contribution is -2.40. The minimum Gasteiger partial charge on any atom is -0.449 e. The third-order valence-corrected chi connectivity index (χ3v) is 7.16. The lowest BCUT2D eigenvalue weighted by Gasteiger charge is -2.27. The highest BCUT2D eigenvalue weighted by molar-refractivity contribution is 5.96. The maximum absolute atomic E-state index is 13.6. The van der Waals surface area contributed by atoms with E-state index in [0.29, 0.717) is 25.1 Å². The van der Waals surface area contributed by atoms with Crippen molar-refractivity contribution in [2.75, 3.05) is 13.1 Å². The fourth-order valence-electron chi connectivity index (χ4n) is 5.23. The molecule has 1 spiro atoms. The molecule has 6 nitrogen and oxygen atoms in total. The summed E-state index contributed by atoms with van der Waals surface area (Å²) in [6.07, 6.45) is 3.97. The van der Waals surface area contributed by atoms with Crippen molar-refractivity contribution >= 4 is 11.9 Å². The monoisotopic (exact) mass is 426 g/mol. The van der Waals surface area contributed by atoms with Gasteiger partial charge < -0.3 is 14.6 Å². The lowest BCUT2D eigenvalue weighted by atomic mass is 9.91. The van der Waals surface area contributed by atoms with Crippen molar-refractivity contribution in [2.45, 2.75) is 30.3 Å². The number of H-pyrrole nitrogens is 1. The van der Waals surface area contributed by atoms with Gasteiger partial charge in [0.05, 0.1) is 17.5 Å². The molecular weight excluding hydrogens is 404 g/mol. The Labute approximate surface area is 184 Å². The molecule has 0 radical (unpaired) electrons. The Morgan fingerprint density at radius 1 is 0.906 bits per heavy atom. The normalized spacial score (nSPS) is 22.6. The number of benzene rings is 2.